The van der Waals surface area contributed by atoms with Crippen molar-refractivity contribution in [1.82, 2.24) is 25.4 Å². The Hall–Kier alpha value is -3.48. The molecule has 1 unspecified atom stereocenters. The van der Waals surface area contributed by atoms with E-state index in [4.69, 9.17) is 4.52 Å². The number of aromatic amines is 1. The number of rotatable bonds is 4. The van der Waals surface area contributed by atoms with Gasteiger partial charge in [-0.25, -0.2) is 4.98 Å². The van der Waals surface area contributed by atoms with E-state index in [2.05, 4.69) is 25.4 Å². The molecule has 0 aliphatic carbocycles. The summed E-state index contributed by atoms with van der Waals surface area (Å²) < 4.78 is 5.36. The Kier molecular flexibility index (Phi) is 3.96. The van der Waals surface area contributed by atoms with Crippen LogP contribution in [0.25, 0.3) is 22.4 Å². The van der Waals surface area contributed by atoms with E-state index in [1.54, 1.807) is 19.1 Å². The average molecular weight is 347 g/mol. The molecule has 0 saturated heterocycles. The van der Waals surface area contributed by atoms with E-state index < -0.39 is 6.04 Å². The number of hydrogen-bond acceptors (Lipinski definition) is 5. The monoisotopic (exact) mass is 347 g/mol. The highest BCUT2D eigenvalue weighted by atomic mass is 16.5. The number of fused-ring (bicyclic) bond motifs is 1. The van der Waals surface area contributed by atoms with Gasteiger partial charge in [0, 0.05) is 5.56 Å². The summed E-state index contributed by atoms with van der Waals surface area (Å²) in [6.45, 7) is 3.70. The Morgan fingerprint density at radius 2 is 1.92 bits per heavy atom. The SMILES string of the molecule is Cc1nc2c(-c3noc(C(C)NC(=O)c4ccccc4)n3)cccc2[nH]1. The lowest BCUT2D eigenvalue weighted by Gasteiger charge is -2.09. The lowest BCUT2D eigenvalue weighted by molar-refractivity contribution is 0.0932. The molecule has 4 rings (SSSR count). The summed E-state index contributed by atoms with van der Waals surface area (Å²) in [6.07, 6.45) is 0. The van der Waals surface area contributed by atoms with Crippen LogP contribution >= 0.6 is 0 Å². The van der Waals surface area contributed by atoms with Gasteiger partial charge in [0.05, 0.1) is 16.6 Å². The third-order valence-electron chi connectivity index (χ3n) is 4.07. The molecule has 1 amide bonds. The molecule has 0 spiro atoms. The van der Waals surface area contributed by atoms with E-state index in [1.807, 2.05) is 43.3 Å². The standard InChI is InChI=1S/C19H17N5O2/c1-11(20-18(25)13-7-4-3-5-8-13)19-23-17(24-26-19)14-9-6-10-15-16(14)22-12(2)21-15/h3-11H,1-2H3,(H,20,25)(H,21,22). The topological polar surface area (TPSA) is 96.7 Å². The normalized spacial score (nSPS) is 12.2. The van der Waals surface area contributed by atoms with Crippen LogP contribution in [0.1, 0.15) is 35.0 Å². The van der Waals surface area contributed by atoms with Crippen molar-refractivity contribution in [3.05, 3.63) is 65.8 Å². The van der Waals surface area contributed by atoms with E-state index in [9.17, 15) is 4.79 Å². The first-order chi connectivity index (χ1) is 12.6. The summed E-state index contributed by atoms with van der Waals surface area (Å²) in [6, 6.07) is 14.3. The second-order valence-corrected chi connectivity index (χ2v) is 6.04. The third-order valence-corrected chi connectivity index (χ3v) is 4.07. The average Bonchev–Trinajstić information content (AvgIpc) is 3.28. The van der Waals surface area contributed by atoms with Gasteiger partial charge in [-0.05, 0) is 38.1 Å². The van der Waals surface area contributed by atoms with Crippen molar-refractivity contribution in [1.29, 1.82) is 0 Å². The van der Waals surface area contributed by atoms with Gasteiger partial charge in [-0.3, -0.25) is 4.79 Å². The minimum absolute atomic E-state index is 0.192. The van der Waals surface area contributed by atoms with E-state index in [0.29, 0.717) is 17.3 Å². The van der Waals surface area contributed by atoms with Crippen LogP contribution in [0.4, 0.5) is 0 Å². The molecule has 0 saturated carbocycles. The molecule has 2 aromatic carbocycles. The quantitative estimate of drug-likeness (QED) is 0.590. The number of para-hydroxylation sites is 1. The third kappa shape index (κ3) is 2.95. The Morgan fingerprint density at radius 3 is 2.73 bits per heavy atom. The first kappa shape index (κ1) is 16.0. The molecular weight excluding hydrogens is 330 g/mol. The molecule has 0 aliphatic rings. The maximum atomic E-state index is 12.3. The minimum Gasteiger partial charge on any atom is -0.342 e. The number of aryl methyl sites for hydroxylation is 1. The largest absolute Gasteiger partial charge is 0.342 e. The zero-order valence-corrected chi connectivity index (χ0v) is 14.4. The number of aromatic nitrogens is 4. The van der Waals surface area contributed by atoms with Gasteiger partial charge >= 0.3 is 0 Å². The zero-order chi connectivity index (χ0) is 18.1. The fraction of sp³-hybridized carbons (Fsp3) is 0.158. The summed E-state index contributed by atoms with van der Waals surface area (Å²) >= 11 is 0. The van der Waals surface area contributed by atoms with Gasteiger partial charge in [-0.2, -0.15) is 4.98 Å². The molecule has 4 aromatic rings. The molecule has 26 heavy (non-hydrogen) atoms. The predicted octanol–water partition coefficient (Wildman–Crippen LogP) is 3.41. The highest BCUT2D eigenvalue weighted by molar-refractivity contribution is 5.94. The number of hydrogen-bond donors (Lipinski definition) is 2. The molecule has 7 nitrogen and oxygen atoms in total. The number of nitrogens with one attached hydrogen (secondary N) is 2. The van der Waals surface area contributed by atoms with Crippen molar-refractivity contribution in [2.45, 2.75) is 19.9 Å². The number of carbonyl (C=O) groups is 1. The summed E-state index contributed by atoms with van der Waals surface area (Å²) in [5.41, 5.74) is 3.06. The van der Waals surface area contributed by atoms with Gasteiger partial charge < -0.3 is 14.8 Å². The second kappa shape index (κ2) is 6.44. The maximum Gasteiger partial charge on any atom is 0.251 e. The number of nitrogens with zero attached hydrogens (tertiary/aromatic N) is 3. The second-order valence-electron chi connectivity index (χ2n) is 6.04. The van der Waals surface area contributed by atoms with Crippen molar-refractivity contribution in [3.63, 3.8) is 0 Å². The van der Waals surface area contributed by atoms with E-state index in [-0.39, 0.29) is 5.91 Å². The van der Waals surface area contributed by atoms with Crippen LogP contribution in [0.5, 0.6) is 0 Å². The first-order valence-electron chi connectivity index (χ1n) is 8.27. The highest BCUT2D eigenvalue weighted by Crippen LogP contribution is 2.26. The smallest absolute Gasteiger partial charge is 0.251 e. The maximum absolute atomic E-state index is 12.3. The first-order valence-corrected chi connectivity index (χ1v) is 8.27. The van der Waals surface area contributed by atoms with Crippen molar-refractivity contribution in [3.8, 4) is 11.4 Å². The predicted molar refractivity (Wildman–Crippen MR) is 96.4 cm³/mol. The van der Waals surface area contributed by atoms with Crippen molar-refractivity contribution < 1.29 is 9.32 Å². The fourth-order valence-corrected chi connectivity index (χ4v) is 2.79. The molecule has 0 aliphatic heterocycles. The van der Waals surface area contributed by atoms with Crippen molar-refractivity contribution >= 4 is 16.9 Å². The van der Waals surface area contributed by atoms with E-state index in [1.165, 1.54) is 0 Å². The van der Waals surface area contributed by atoms with Crippen LogP contribution in [0.3, 0.4) is 0 Å². The minimum atomic E-state index is -0.413. The van der Waals surface area contributed by atoms with Crippen LogP contribution in [0, 0.1) is 6.92 Å². The lowest BCUT2D eigenvalue weighted by atomic mass is 10.1. The van der Waals surface area contributed by atoms with E-state index in [0.717, 1.165) is 22.4 Å². The molecular formula is C19H17N5O2. The molecule has 2 N–H and O–H groups in total. The van der Waals surface area contributed by atoms with Crippen LogP contribution in [-0.2, 0) is 0 Å². The van der Waals surface area contributed by atoms with Gasteiger partial charge in [0.15, 0.2) is 0 Å². The van der Waals surface area contributed by atoms with Gasteiger partial charge in [-0.1, -0.05) is 29.4 Å². The van der Waals surface area contributed by atoms with Crippen LogP contribution < -0.4 is 5.32 Å². The van der Waals surface area contributed by atoms with Crippen LogP contribution in [-0.4, -0.2) is 26.0 Å². The molecule has 1 atom stereocenters. The molecule has 7 heteroatoms. The van der Waals surface area contributed by atoms with Gasteiger partial charge in [0.1, 0.15) is 11.9 Å². The summed E-state index contributed by atoms with van der Waals surface area (Å²) in [4.78, 5) is 24.4. The Balaban J connectivity index is 1.58. The zero-order valence-electron chi connectivity index (χ0n) is 14.4. The number of amides is 1. The summed E-state index contributed by atoms with van der Waals surface area (Å²) in [5.74, 6) is 1.41. The lowest BCUT2D eigenvalue weighted by Crippen LogP contribution is -2.26. The number of imidazole rings is 1. The number of carbonyl (C=O) groups excluding carboxylic acids is 1. The van der Waals surface area contributed by atoms with E-state index >= 15 is 0 Å². The highest BCUT2D eigenvalue weighted by Gasteiger charge is 2.19. The molecule has 2 heterocycles. The molecule has 0 fully saturated rings. The molecule has 0 radical (unpaired) electrons. The summed E-state index contributed by atoms with van der Waals surface area (Å²) in [7, 11) is 0. The van der Waals surface area contributed by atoms with Crippen molar-refractivity contribution in [2.75, 3.05) is 0 Å². The Labute approximate surface area is 149 Å². The molecule has 0 bridgehead atoms. The van der Waals surface area contributed by atoms with Crippen LogP contribution in [0.15, 0.2) is 53.1 Å². The Bertz CT molecular complexity index is 1070. The molecule has 130 valence electrons. The van der Waals surface area contributed by atoms with Gasteiger partial charge in [-0.15, -0.1) is 0 Å². The van der Waals surface area contributed by atoms with Crippen LogP contribution in [0.2, 0.25) is 0 Å². The number of H-pyrrole nitrogens is 1. The molecule has 2 aromatic heterocycles. The number of benzene rings is 2. The fourth-order valence-electron chi connectivity index (χ4n) is 2.79. The van der Waals surface area contributed by atoms with Crippen molar-refractivity contribution in [2.24, 2.45) is 0 Å². The van der Waals surface area contributed by atoms with Gasteiger partial charge in [0.2, 0.25) is 11.7 Å². The summed E-state index contributed by atoms with van der Waals surface area (Å²) in [5, 5.41) is 6.92. The Morgan fingerprint density at radius 1 is 1.12 bits per heavy atom. The van der Waals surface area contributed by atoms with Gasteiger partial charge in [0.25, 0.3) is 5.91 Å².